The molecule has 3 rings (SSSR count). The number of hydrogen-bond acceptors (Lipinski definition) is 4. The molecule has 1 aliphatic rings. The van der Waals surface area contributed by atoms with Crippen LogP contribution in [-0.4, -0.2) is 31.4 Å². The number of hydrogen-bond donors (Lipinski definition) is 1. The highest BCUT2D eigenvalue weighted by Gasteiger charge is 2.20. The van der Waals surface area contributed by atoms with E-state index in [-0.39, 0.29) is 17.8 Å². The van der Waals surface area contributed by atoms with Crippen molar-refractivity contribution in [2.45, 2.75) is 26.2 Å². The lowest BCUT2D eigenvalue weighted by Crippen LogP contribution is -2.25. The number of benzene rings is 2. The van der Waals surface area contributed by atoms with Crippen LogP contribution in [0.15, 0.2) is 42.5 Å². The quantitative estimate of drug-likeness (QED) is 0.842. The van der Waals surface area contributed by atoms with E-state index in [0.717, 1.165) is 24.1 Å². The van der Waals surface area contributed by atoms with Crippen molar-refractivity contribution in [2.75, 3.05) is 23.9 Å². The van der Waals surface area contributed by atoms with E-state index in [9.17, 15) is 14.4 Å². The van der Waals surface area contributed by atoms with Crippen LogP contribution in [-0.2, 0) is 16.0 Å². The van der Waals surface area contributed by atoms with Crippen molar-refractivity contribution < 1.29 is 19.1 Å². The van der Waals surface area contributed by atoms with E-state index >= 15 is 0 Å². The van der Waals surface area contributed by atoms with Gasteiger partial charge in [-0.05, 0) is 67.8 Å². The smallest absolute Gasteiger partial charge is 0.338 e. The molecule has 1 aliphatic heterocycles. The van der Waals surface area contributed by atoms with Gasteiger partial charge in [0, 0.05) is 30.4 Å². The summed E-state index contributed by atoms with van der Waals surface area (Å²) < 4.78 is 4.94. The van der Waals surface area contributed by atoms with Crippen molar-refractivity contribution in [3.8, 4) is 0 Å². The summed E-state index contributed by atoms with van der Waals surface area (Å²) in [5.41, 5.74) is 3.41. The highest BCUT2D eigenvalue weighted by molar-refractivity contribution is 6.05. The molecular formula is C21H22N2O4. The minimum atomic E-state index is -0.389. The first kappa shape index (κ1) is 18.6. The second-order valence-corrected chi connectivity index (χ2v) is 6.40. The first-order chi connectivity index (χ1) is 13.0. The Morgan fingerprint density at radius 3 is 2.48 bits per heavy atom. The van der Waals surface area contributed by atoms with Gasteiger partial charge in [-0.1, -0.05) is 0 Å². The van der Waals surface area contributed by atoms with Crippen molar-refractivity contribution in [2.24, 2.45) is 0 Å². The molecule has 0 spiro atoms. The number of nitrogens with zero attached hydrogens (tertiary/aromatic N) is 1. The molecule has 1 N–H and O–H groups in total. The average Bonchev–Trinajstić information content (AvgIpc) is 2.81. The van der Waals surface area contributed by atoms with Gasteiger partial charge in [-0.15, -0.1) is 0 Å². The third-order valence-corrected chi connectivity index (χ3v) is 4.57. The number of fused-ring (bicyclic) bond motifs is 1. The molecule has 1 heterocycles. The normalized spacial score (nSPS) is 13.6. The van der Waals surface area contributed by atoms with Gasteiger partial charge in [0.15, 0.2) is 0 Å². The molecule has 2 aromatic carbocycles. The van der Waals surface area contributed by atoms with E-state index in [0.29, 0.717) is 29.8 Å². The first-order valence-corrected chi connectivity index (χ1v) is 8.97. The van der Waals surface area contributed by atoms with Crippen LogP contribution in [0, 0.1) is 0 Å². The van der Waals surface area contributed by atoms with Crippen molar-refractivity contribution in [3.63, 3.8) is 0 Å². The summed E-state index contributed by atoms with van der Waals surface area (Å²) in [4.78, 5) is 37.9. The van der Waals surface area contributed by atoms with Crippen LogP contribution in [0.4, 0.5) is 11.4 Å². The Kier molecular flexibility index (Phi) is 5.54. The van der Waals surface area contributed by atoms with E-state index < -0.39 is 0 Å². The predicted molar refractivity (Wildman–Crippen MR) is 103 cm³/mol. The van der Waals surface area contributed by atoms with Crippen LogP contribution in [0.5, 0.6) is 0 Å². The van der Waals surface area contributed by atoms with Crippen LogP contribution in [0.2, 0.25) is 0 Å². The van der Waals surface area contributed by atoms with Crippen LogP contribution < -0.4 is 10.2 Å². The summed E-state index contributed by atoms with van der Waals surface area (Å²) in [5.74, 6) is -0.535. The third-order valence-electron chi connectivity index (χ3n) is 4.57. The molecule has 0 saturated carbocycles. The SMILES string of the molecule is CCOC(=O)c1ccc(NC(=O)c2ccc3c(c2)CCCC(=O)N3C)cc1. The highest BCUT2D eigenvalue weighted by atomic mass is 16.5. The highest BCUT2D eigenvalue weighted by Crippen LogP contribution is 2.27. The zero-order valence-electron chi connectivity index (χ0n) is 15.5. The Morgan fingerprint density at radius 2 is 1.78 bits per heavy atom. The number of carbonyl (C=O) groups is 3. The largest absolute Gasteiger partial charge is 0.462 e. The van der Waals surface area contributed by atoms with Gasteiger partial charge in [0.25, 0.3) is 5.91 Å². The maximum atomic E-state index is 12.6. The molecule has 0 unspecified atom stereocenters. The molecule has 6 nitrogen and oxygen atoms in total. The number of anilines is 2. The van der Waals surface area contributed by atoms with Crippen LogP contribution in [0.3, 0.4) is 0 Å². The van der Waals surface area contributed by atoms with E-state index in [4.69, 9.17) is 4.74 Å². The minimum absolute atomic E-state index is 0.0904. The Balaban J connectivity index is 1.74. The second-order valence-electron chi connectivity index (χ2n) is 6.40. The number of aryl methyl sites for hydroxylation is 1. The molecule has 0 fully saturated rings. The number of amides is 2. The van der Waals surface area contributed by atoms with Gasteiger partial charge >= 0.3 is 5.97 Å². The Labute approximate surface area is 158 Å². The van der Waals surface area contributed by atoms with Gasteiger partial charge < -0.3 is 15.0 Å². The summed E-state index contributed by atoms with van der Waals surface area (Å²) in [6.07, 6.45) is 2.05. The van der Waals surface area contributed by atoms with Crippen LogP contribution in [0.25, 0.3) is 0 Å². The van der Waals surface area contributed by atoms with E-state index in [1.165, 1.54) is 0 Å². The molecular weight excluding hydrogens is 344 g/mol. The molecule has 2 aromatic rings. The molecule has 0 radical (unpaired) electrons. The van der Waals surface area contributed by atoms with Gasteiger partial charge in [0.1, 0.15) is 0 Å². The fraction of sp³-hybridized carbons (Fsp3) is 0.286. The lowest BCUT2D eigenvalue weighted by Gasteiger charge is -2.18. The summed E-state index contributed by atoms with van der Waals surface area (Å²) in [6.45, 7) is 2.07. The number of carbonyl (C=O) groups excluding carboxylic acids is 3. The fourth-order valence-corrected chi connectivity index (χ4v) is 3.09. The minimum Gasteiger partial charge on any atom is -0.462 e. The lowest BCUT2D eigenvalue weighted by atomic mass is 10.0. The standard InChI is InChI=1S/C21H22N2O4/c1-3-27-21(26)14-7-10-17(11-8-14)22-20(25)16-9-12-18-15(13-16)5-4-6-19(24)23(18)2/h7-13H,3-6H2,1-2H3,(H,22,25). The summed E-state index contributed by atoms with van der Waals surface area (Å²) in [7, 11) is 1.76. The number of nitrogens with one attached hydrogen (secondary N) is 1. The first-order valence-electron chi connectivity index (χ1n) is 8.97. The third kappa shape index (κ3) is 4.16. The number of rotatable bonds is 4. The zero-order valence-corrected chi connectivity index (χ0v) is 15.5. The summed E-state index contributed by atoms with van der Waals surface area (Å²) in [6, 6.07) is 11.9. The van der Waals surface area contributed by atoms with Crippen molar-refractivity contribution in [3.05, 3.63) is 59.2 Å². The molecule has 27 heavy (non-hydrogen) atoms. The Bertz CT molecular complexity index is 874. The molecule has 2 amide bonds. The van der Waals surface area contributed by atoms with Crippen LogP contribution >= 0.6 is 0 Å². The molecule has 140 valence electrons. The van der Waals surface area contributed by atoms with E-state index in [1.807, 2.05) is 12.1 Å². The maximum absolute atomic E-state index is 12.6. The summed E-state index contributed by atoms with van der Waals surface area (Å²) >= 11 is 0. The maximum Gasteiger partial charge on any atom is 0.338 e. The number of esters is 1. The number of ether oxygens (including phenoxy) is 1. The lowest BCUT2D eigenvalue weighted by molar-refractivity contribution is -0.118. The Hall–Kier alpha value is -3.15. The predicted octanol–water partition coefficient (Wildman–Crippen LogP) is 3.41. The molecule has 0 bridgehead atoms. The Morgan fingerprint density at radius 1 is 1.07 bits per heavy atom. The van der Waals surface area contributed by atoms with E-state index in [1.54, 1.807) is 49.2 Å². The van der Waals surface area contributed by atoms with Gasteiger partial charge in [-0.2, -0.15) is 0 Å². The summed E-state index contributed by atoms with van der Waals surface area (Å²) in [5, 5.41) is 2.83. The molecule has 6 heteroatoms. The van der Waals surface area contributed by atoms with Gasteiger partial charge in [0.05, 0.1) is 12.2 Å². The topological polar surface area (TPSA) is 75.7 Å². The monoisotopic (exact) mass is 366 g/mol. The molecule has 0 saturated heterocycles. The molecule has 0 atom stereocenters. The van der Waals surface area contributed by atoms with Crippen molar-refractivity contribution in [1.29, 1.82) is 0 Å². The van der Waals surface area contributed by atoms with Gasteiger partial charge in [-0.25, -0.2) is 4.79 Å². The van der Waals surface area contributed by atoms with Gasteiger partial charge in [0.2, 0.25) is 5.91 Å². The van der Waals surface area contributed by atoms with E-state index in [2.05, 4.69) is 5.32 Å². The van der Waals surface area contributed by atoms with Crippen molar-refractivity contribution >= 4 is 29.2 Å². The zero-order chi connectivity index (χ0) is 19.4. The van der Waals surface area contributed by atoms with Gasteiger partial charge in [-0.3, -0.25) is 9.59 Å². The molecule has 0 aliphatic carbocycles. The second kappa shape index (κ2) is 8.03. The van der Waals surface area contributed by atoms with Crippen molar-refractivity contribution in [1.82, 2.24) is 0 Å². The molecule has 0 aromatic heterocycles. The average molecular weight is 366 g/mol. The fourth-order valence-electron chi connectivity index (χ4n) is 3.09. The van der Waals surface area contributed by atoms with Crippen LogP contribution in [0.1, 0.15) is 46.0 Å².